The SMILES string of the molecule is CCC1CCCCCC1.Oc1cccc2ccc(Cc3ccccc3)nc12. The third-order valence-electron chi connectivity index (χ3n) is 5.54. The second-order valence-corrected chi connectivity index (χ2v) is 7.58. The number of rotatable bonds is 3. The maximum Gasteiger partial charge on any atom is 0.141 e. The van der Waals surface area contributed by atoms with Gasteiger partial charge in [0.25, 0.3) is 0 Å². The highest BCUT2D eigenvalue weighted by molar-refractivity contribution is 5.84. The predicted molar refractivity (Wildman–Crippen MR) is 114 cm³/mol. The van der Waals surface area contributed by atoms with Crippen LogP contribution in [-0.4, -0.2) is 10.1 Å². The van der Waals surface area contributed by atoms with E-state index in [1.807, 2.05) is 42.5 Å². The lowest BCUT2D eigenvalue weighted by molar-refractivity contribution is 0.446. The number of aromatic nitrogens is 1. The highest BCUT2D eigenvalue weighted by Gasteiger charge is 2.08. The van der Waals surface area contributed by atoms with Crippen molar-refractivity contribution >= 4 is 10.9 Å². The molecule has 0 saturated heterocycles. The second kappa shape index (κ2) is 10.1. The Labute approximate surface area is 163 Å². The monoisotopic (exact) mass is 361 g/mol. The van der Waals surface area contributed by atoms with Crippen LogP contribution in [0.2, 0.25) is 0 Å². The fraction of sp³-hybridized carbons (Fsp3) is 0.400. The van der Waals surface area contributed by atoms with Crippen LogP contribution in [0.3, 0.4) is 0 Å². The zero-order chi connectivity index (χ0) is 18.9. The first-order chi connectivity index (χ1) is 13.3. The molecule has 4 rings (SSSR count). The number of fused-ring (bicyclic) bond motifs is 1. The van der Waals surface area contributed by atoms with E-state index in [0.717, 1.165) is 23.4 Å². The molecule has 0 aliphatic heterocycles. The van der Waals surface area contributed by atoms with Gasteiger partial charge in [-0.1, -0.05) is 100 Å². The molecule has 0 bridgehead atoms. The molecule has 1 N–H and O–H groups in total. The van der Waals surface area contributed by atoms with Gasteiger partial charge in [-0.2, -0.15) is 0 Å². The number of nitrogens with zero attached hydrogens (tertiary/aromatic N) is 1. The summed E-state index contributed by atoms with van der Waals surface area (Å²) in [5.74, 6) is 1.31. The van der Waals surface area contributed by atoms with Gasteiger partial charge >= 0.3 is 0 Å². The number of para-hydroxylation sites is 1. The Bertz CT molecular complexity index is 820. The minimum Gasteiger partial charge on any atom is -0.506 e. The molecular formula is C25H31NO. The molecule has 142 valence electrons. The van der Waals surface area contributed by atoms with Crippen LogP contribution in [0.5, 0.6) is 5.75 Å². The number of benzene rings is 2. The summed E-state index contributed by atoms with van der Waals surface area (Å²) < 4.78 is 0. The average Bonchev–Trinajstić information content (AvgIpc) is 2.99. The third kappa shape index (κ3) is 5.82. The molecule has 1 heterocycles. The molecule has 2 aromatic carbocycles. The summed E-state index contributed by atoms with van der Waals surface area (Å²) >= 11 is 0. The van der Waals surface area contributed by atoms with Gasteiger partial charge in [-0.15, -0.1) is 0 Å². The Balaban J connectivity index is 0.000000197. The Morgan fingerprint density at radius 1 is 0.852 bits per heavy atom. The van der Waals surface area contributed by atoms with Gasteiger partial charge in [0.05, 0.1) is 0 Å². The highest BCUT2D eigenvalue weighted by atomic mass is 16.3. The molecule has 1 aliphatic rings. The first kappa shape index (κ1) is 19.4. The summed E-state index contributed by atoms with van der Waals surface area (Å²) in [4.78, 5) is 4.52. The smallest absolute Gasteiger partial charge is 0.141 e. The number of phenols is 1. The lowest BCUT2D eigenvalue weighted by Crippen LogP contribution is -1.94. The zero-order valence-corrected chi connectivity index (χ0v) is 16.4. The first-order valence-corrected chi connectivity index (χ1v) is 10.4. The van der Waals surface area contributed by atoms with E-state index in [2.05, 4.69) is 24.0 Å². The van der Waals surface area contributed by atoms with E-state index >= 15 is 0 Å². The quantitative estimate of drug-likeness (QED) is 0.515. The van der Waals surface area contributed by atoms with E-state index in [1.165, 1.54) is 50.5 Å². The van der Waals surface area contributed by atoms with E-state index in [4.69, 9.17) is 0 Å². The minimum atomic E-state index is 0.238. The zero-order valence-electron chi connectivity index (χ0n) is 16.4. The van der Waals surface area contributed by atoms with Crippen LogP contribution < -0.4 is 0 Å². The van der Waals surface area contributed by atoms with E-state index < -0.39 is 0 Å². The Hall–Kier alpha value is -2.35. The van der Waals surface area contributed by atoms with E-state index in [-0.39, 0.29) is 5.75 Å². The lowest BCUT2D eigenvalue weighted by atomic mass is 9.98. The predicted octanol–water partition coefficient (Wildman–Crippen LogP) is 6.90. The molecule has 3 aromatic rings. The standard InChI is InChI=1S/C16H13NO.C9H18/c18-15-8-4-7-13-9-10-14(17-16(13)15)11-12-5-2-1-3-6-12;1-2-9-7-5-3-4-6-8-9/h1-10,18H,11H2;9H,2-8H2,1H3. The van der Waals surface area contributed by atoms with Crippen molar-refractivity contribution in [3.05, 3.63) is 71.9 Å². The van der Waals surface area contributed by atoms with Crippen LogP contribution in [0.1, 0.15) is 63.1 Å². The Morgan fingerprint density at radius 2 is 1.59 bits per heavy atom. The van der Waals surface area contributed by atoms with Gasteiger partial charge in [0.2, 0.25) is 0 Å². The third-order valence-corrected chi connectivity index (χ3v) is 5.54. The van der Waals surface area contributed by atoms with Gasteiger partial charge in [0, 0.05) is 17.5 Å². The van der Waals surface area contributed by atoms with Crippen LogP contribution in [0.15, 0.2) is 60.7 Å². The van der Waals surface area contributed by atoms with E-state index in [9.17, 15) is 5.11 Å². The number of hydrogen-bond acceptors (Lipinski definition) is 2. The van der Waals surface area contributed by atoms with Crippen molar-refractivity contribution in [1.29, 1.82) is 0 Å². The summed E-state index contributed by atoms with van der Waals surface area (Å²) in [5, 5.41) is 10.8. The van der Waals surface area contributed by atoms with Crippen molar-refractivity contribution in [3.8, 4) is 5.75 Å². The average molecular weight is 362 g/mol. The van der Waals surface area contributed by atoms with Crippen molar-refractivity contribution in [2.75, 3.05) is 0 Å². The van der Waals surface area contributed by atoms with Crippen molar-refractivity contribution in [2.45, 2.75) is 58.3 Å². The van der Waals surface area contributed by atoms with Crippen molar-refractivity contribution in [1.82, 2.24) is 4.98 Å². The summed E-state index contributed by atoms with van der Waals surface area (Å²) in [7, 11) is 0. The number of hydrogen-bond donors (Lipinski definition) is 1. The highest BCUT2D eigenvalue weighted by Crippen LogP contribution is 2.25. The topological polar surface area (TPSA) is 33.1 Å². The molecule has 1 aromatic heterocycles. The summed E-state index contributed by atoms with van der Waals surface area (Å²) in [6.45, 7) is 2.33. The molecule has 1 aliphatic carbocycles. The van der Waals surface area contributed by atoms with Crippen molar-refractivity contribution in [2.24, 2.45) is 5.92 Å². The summed E-state index contributed by atoms with van der Waals surface area (Å²) in [6.07, 6.45) is 11.2. The van der Waals surface area contributed by atoms with Gasteiger partial charge in [-0.05, 0) is 23.6 Å². The van der Waals surface area contributed by atoms with Crippen molar-refractivity contribution < 1.29 is 5.11 Å². The van der Waals surface area contributed by atoms with Gasteiger partial charge < -0.3 is 5.11 Å². The van der Waals surface area contributed by atoms with Crippen LogP contribution in [0.25, 0.3) is 10.9 Å². The number of aromatic hydroxyl groups is 1. The Kier molecular flexibility index (Phi) is 7.27. The molecule has 2 heteroatoms. The van der Waals surface area contributed by atoms with Gasteiger partial charge in [-0.3, -0.25) is 0 Å². The fourth-order valence-electron chi connectivity index (χ4n) is 3.85. The van der Waals surface area contributed by atoms with E-state index in [1.54, 1.807) is 6.07 Å². The summed E-state index contributed by atoms with van der Waals surface area (Å²) in [5.41, 5.74) is 2.86. The molecule has 0 atom stereocenters. The number of pyridine rings is 1. The molecule has 1 fully saturated rings. The largest absolute Gasteiger partial charge is 0.506 e. The second-order valence-electron chi connectivity index (χ2n) is 7.58. The first-order valence-electron chi connectivity index (χ1n) is 10.4. The molecule has 2 nitrogen and oxygen atoms in total. The molecular weight excluding hydrogens is 330 g/mol. The van der Waals surface area contributed by atoms with Gasteiger partial charge in [0.15, 0.2) is 0 Å². The molecule has 1 saturated carbocycles. The normalized spacial score (nSPS) is 15.0. The maximum atomic E-state index is 9.80. The van der Waals surface area contributed by atoms with Gasteiger partial charge in [-0.25, -0.2) is 4.98 Å². The fourth-order valence-corrected chi connectivity index (χ4v) is 3.85. The molecule has 0 radical (unpaired) electrons. The molecule has 27 heavy (non-hydrogen) atoms. The number of phenolic OH excluding ortho intramolecular Hbond substituents is 1. The minimum absolute atomic E-state index is 0.238. The van der Waals surface area contributed by atoms with Crippen molar-refractivity contribution in [3.63, 3.8) is 0 Å². The molecule has 0 unspecified atom stereocenters. The van der Waals surface area contributed by atoms with Crippen LogP contribution in [0, 0.1) is 5.92 Å². The van der Waals surface area contributed by atoms with Crippen LogP contribution in [-0.2, 0) is 6.42 Å². The summed E-state index contributed by atoms with van der Waals surface area (Å²) in [6, 6.07) is 19.7. The van der Waals surface area contributed by atoms with Crippen LogP contribution >= 0.6 is 0 Å². The maximum absolute atomic E-state index is 9.80. The Morgan fingerprint density at radius 3 is 2.30 bits per heavy atom. The van der Waals surface area contributed by atoms with Gasteiger partial charge in [0.1, 0.15) is 11.3 Å². The lowest BCUT2D eigenvalue weighted by Gasteiger charge is -2.08. The molecule has 0 spiro atoms. The van der Waals surface area contributed by atoms with E-state index in [0.29, 0.717) is 5.52 Å². The van der Waals surface area contributed by atoms with Crippen LogP contribution in [0.4, 0.5) is 0 Å². The molecule has 0 amide bonds.